The molecule has 7 nitrogen and oxygen atoms in total. The molecule has 3 aromatic heterocycles. The Balaban J connectivity index is 1.80. The van der Waals surface area contributed by atoms with Crippen LogP contribution in [0.1, 0.15) is 43.3 Å². The smallest absolute Gasteiger partial charge is 0.222 e. The molecule has 0 saturated carbocycles. The Hall–Kier alpha value is -2.84. The zero-order valence-corrected chi connectivity index (χ0v) is 16.8. The maximum atomic E-state index is 14.7. The van der Waals surface area contributed by atoms with Crippen LogP contribution >= 0.6 is 0 Å². The predicted molar refractivity (Wildman–Crippen MR) is 110 cm³/mol. The summed E-state index contributed by atoms with van der Waals surface area (Å²) in [5.74, 6) is 0.634. The van der Waals surface area contributed by atoms with Crippen molar-refractivity contribution < 1.29 is 9.50 Å². The fourth-order valence-electron chi connectivity index (χ4n) is 3.42. The van der Waals surface area contributed by atoms with Crippen LogP contribution in [-0.2, 0) is 13.2 Å². The summed E-state index contributed by atoms with van der Waals surface area (Å²) in [6.45, 7) is 7.46. The van der Waals surface area contributed by atoms with Gasteiger partial charge in [0.1, 0.15) is 0 Å². The number of aliphatic hydroxyl groups is 1. The highest BCUT2D eigenvalue weighted by Crippen LogP contribution is 2.30. The highest BCUT2D eigenvalue weighted by atomic mass is 19.1. The summed E-state index contributed by atoms with van der Waals surface area (Å²) >= 11 is 0. The van der Waals surface area contributed by atoms with Gasteiger partial charge in [-0.15, -0.1) is 0 Å². The van der Waals surface area contributed by atoms with Crippen molar-refractivity contribution in [2.75, 3.05) is 11.9 Å². The van der Waals surface area contributed by atoms with E-state index in [1.807, 2.05) is 13.0 Å². The molecule has 152 valence electrons. The first-order chi connectivity index (χ1) is 14.0. The molecule has 29 heavy (non-hydrogen) atoms. The summed E-state index contributed by atoms with van der Waals surface area (Å²) in [4.78, 5) is 13.2. The largest absolute Gasteiger partial charge is 0.390 e. The Morgan fingerprint density at radius 3 is 2.93 bits per heavy atom. The quantitative estimate of drug-likeness (QED) is 0.615. The summed E-state index contributed by atoms with van der Waals surface area (Å²) in [5, 5.41) is 16.2. The van der Waals surface area contributed by atoms with Gasteiger partial charge < -0.3 is 15.7 Å². The monoisotopic (exact) mass is 396 g/mol. The number of nitrogens with one attached hydrogen (secondary N) is 2. The Morgan fingerprint density at radius 2 is 2.17 bits per heavy atom. The van der Waals surface area contributed by atoms with E-state index in [4.69, 9.17) is 0 Å². The van der Waals surface area contributed by atoms with Crippen molar-refractivity contribution in [3.8, 4) is 0 Å². The zero-order chi connectivity index (χ0) is 20.5. The number of nitrogens with zero attached hydrogens (tertiary/aromatic N) is 4. The number of rotatable bonds is 5. The van der Waals surface area contributed by atoms with Crippen molar-refractivity contribution in [3.05, 3.63) is 59.1 Å². The lowest BCUT2D eigenvalue weighted by atomic mass is 9.98. The summed E-state index contributed by atoms with van der Waals surface area (Å²) in [7, 11) is 0. The number of aromatic nitrogens is 4. The van der Waals surface area contributed by atoms with Crippen molar-refractivity contribution in [3.63, 3.8) is 0 Å². The van der Waals surface area contributed by atoms with E-state index in [2.05, 4.69) is 39.4 Å². The predicted octanol–water partition coefficient (Wildman–Crippen LogP) is 2.75. The van der Waals surface area contributed by atoms with Crippen LogP contribution in [0, 0.1) is 11.7 Å². The highest BCUT2D eigenvalue weighted by Gasteiger charge is 2.20. The van der Waals surface area contributed by atoms with E-state index >= 15 is 0 Å². The lowest BCUT2D eigenvalue weighted by molar-refractivity contribution is 0.275. The Morgan fingerprint density at radius 1 is 1.34 bits per heavy atom. The van der Waals surface area contributed by atoms with E-state index in [-0.39, 0.29) is 18.3 Å². The van der Waals surface area contributed by atoms with Gasteiger partial charge in [0.15, 0.2) is 11.5 Å². The fourth-order valence-corrected chi connectivity index (χ4v) is 3.42. The second-order valence-corrected chi connectivity index (χ2v) is 7.76. The number of pyridine rings is 1. The number of aliphatic hydroxyl groups excluding tert-OH is 1. The van der Waals surface area contributed by atoms with E-state index in [0.29, 0.717) is 29.7 Å². The highest BCUT2D eigenvalue weighted by molar-refractivity contribution is 5.82. The second kappa shape index (κ2) is 7.88. The zero-order valence-electron chi connectivity index (χ0n) is 16.8. The van der Waals surface area contributed by atoms with Crippen molar-refractivity contribution in [1.29, 1.82) is 0 Å². The molecule has 1 aliphatic rings. The summed E-state index contributed by atoms with van der Waals surface area (Å²) < 4.78 is 16.3. The molecule has 0 amide bonds. The lowest BCUT2D eigenvalue weighted by Gasteiger charge is -2.14. The van der Waals surface area contributed by atoms with Gasteiger partial charge in [-0.25, -0.2) is 19.3 Å². The SMILES string of the molecule is CC(C)CNc1ncc2c(n1)CN[C@H](C)C=C2c1cc(F)c2ncc(CO)n2c1. The van der Waals surface area contributed by atoms with Crippen LogP contribution in [0.2, 0.25) is 0 Å². The normalized spacial score (nSPS) is 16.6. The minimum Gasteiger partial charge on any atom is -0.390 e. The Bertz CT molecular complexity index is 1070. The van der Waals surface area contributed by atoms with Crippen LogP contribution in [0.3, 0.4) is 0 Å². The minimum absolute atomic E-state index is 0.0742. The summed E-state index contributed by atoms with van der Waals surface area (Å²) in [6, 6.07) is 1.55. The average molecular weight is 396 g/mol. The van der Waals surface area contributed by atoms with Crippen LogP contribution in [-0.4, -0.2) is 37.0 Å². The first-order valence-electron chi connectivity index (χ1n) is 9.78. The third kappa shape index (κ3) is 3.86. The molecule has 0 aromatic carbocycles. The molecule has 3 aromatic rings. The first-order valence-corrected chi connectivity index (χ1v) is 9.78. The second-order valence-electron chi connectivity index (χ2n) is 7.76. The number of anilines is 1. The molecular weight excluding hydrogens is 371 g/mol. The number of imidazole rings is 1. The molecule has 0 spiro atoms. The molecule has 0 radical (unpaired) electrons. The minimum atomic E-state index is -0.439. The van der Waals surface area contributed by atoms with Crippen LogP contribution < -0.4 is 10.6 Å². The topological polar surface area (TPSA) is 87.4 Å². The standard InChI is InChI=1S/C21H25FN6O/c1-12(2)6-25-21-26-8-17-16(4-13(3)23-9-19(17)27-21)14-5-18(22)20-24-7-15(11-29)28(20)10-14/h4-5,7-8,10,12-13,23,29H,6,9,11H2,1-3H3,(H,25,26,27)/t13-/m1/s1. The fraction of sp³-hybridized carbons (Fsp3) is 0.381. The van der Waals surface area contributed by atoms with Crippen molar-refractivity contribution in [1.82, 2.24) is 24.7 Å². The summed E-state index contributed by atoms with van der Waals surface area (Å²) in [6.07, 6.45) is 7.12. The molecule has 0 saturated heterocycles. The van der Waals surface area contributed by atoms with E-state index < -0.39 is 5.82 Å². The molecule has 0 unspecified atom stereocenters. The summed E-state index contributed by atoms with van der Waals surface area (Å²) in [5.41, 5.74) is 3.99. The van der Waals surface area contributed by atoms with Crippen LogP contribution in [0.15, 0.2) is 30.7 Å². The van der Waals surface area contributed by atoms with Gasteiger partial charge in [0.2, 0.25) is 5.95 Å². The maximum absolute atomic E-state index is 14.7. The van der Waals surface area contributed by atoms with Crippen LogP contribution in [0.5, 0.6) is 0 Å². The van der Waals surface area contributed by atoms with Crippen molar-refractivity contribution in [2.45, 2.75) is 40.0 Å². The van der Waals surface area contributed by atoms with E-state index in [1.165, 1.54) is 12.3 Å². The van der Waals surface area contributed by atoms with Crippen LogP contribution in [0.25, 0.3) is 11.2 Å². The number of halogens is 1. The average Bonchev–Trinajstić information content (AvgIpc) is 3.05. The molecule has 4 heterocycles. The number of hydrogen-bond acceptors (Lipinski definition) is 6. The molecule has 0 aliphatic carbocycles. The number of hydrogen-bond donors (Lipinski definition) is 3. The van der Waals surface area contributed by atoms with Gasteiger partial charge in [0, 0.05) is 42.7 Å². The molecule has 1 atom stereocenters. The Kier molecular flexibility index (Phi) is 5.29. The van der Waals surface area contributed by atoms with Gasteiger partial charge in [-0.1, -0.05) is 19.9 Å². The van der Waals surface area contributed by atoms with Gasteiger partial charge >= 0.3 is 0 Å². The molecule has 0 bridgehead atoms. The maximum Gasteiger partial charge on any atom is 0.222 e. The van der Waals surface area contributed by atoms with Gasteiger partial charge in [-0.05, 0) is 24.5 Å². The lowest BCUT2D eigenvalue weighted by Crippen LogP contribution is -2.23. The molecule has 3 N–H and O–H groups in total. The van der Waals surface area contributed by atoms with Crippen LogP contribution in [0.4, 0.5) is 10.3 Å². The van der Waals surface area contributed by atoms with Gasteiger partial charge in [-0.3, -0.25) is 4.40 Å². The molecular formula is C21H25FN6O. The third-order valence-electron chi connectivity index (χ3n) is 4.94. The third-order valence-corrected chi connectivity index (χ3v) is 4.94. The van der Waals surface area contributed by atoms with Gasteiger partial charge in [0.25, 0.3) is 0 Å². The number of fused-ring (bicyclic) bond motifs is 2. The van der Waals surface area contributed by atoms with Crippen molar-refractivity contribution >= 4 is 17.2 Å². The molecule has 1 aliphatic heterocycles. The van der Waals surface area contributed by atoms with E-state index in [9.17, 15) is 9.50 Å². The molecule has 4 rings (SSSR count). The molecule has 0 fully saturated rings. The first kappa shape index (κ1) is 19.5. The Labute approximate surface area is 168 Å². The van der Waals surface area contributed by atoms with Gasteiger partial charge in [-0.2, -0.15) is 0 Å². The van der Waals surface area contributed by atoms with E-state index in [0.717, 1.165) is 23.4 Å². The van der Waals surface area contributed by atoms with E-state index in [1.54, 1.807) is 16.8 Å². The van der Waals surface area contributed by atoms with Crippen molar-refractivity contribution in [2.24, 2.45) is 5.92 Å². The molecule has 8 heteroatoms. The van der Waals surface area contributed by atoms with Gasteiger partial charge in [0.05, 0.1) is 24.2 Å².